The summed E-state index contributed by atoms with van der Waals surface area (Å²) in [6.45, 7) is 3.75. The van der Waals surface area contributed by atoms with E-state index in [0.29, 0.717) is 29.7 Å². The zero-order valence-electron chi connectivity index (χ0n) is 11.8. The van der Waals surface area contributed by atoms with Crippen LogP contribution >= 0.6 is 0 Å². The van der Waals surface area contributed by atoms with Crippen molar-refractivity contribution in [2.24, 2.45) is 0 Å². The first-order valence-corrected chi connectivity index (χ1v) is 6.68. The van der Waals surface area contributed by atoms with E-state index in [1.54, 1.807) is 13.8 Å². The highest BCUT2D eigenvalue weighted by Gasteiger charge is 2.10. The molecule has 0 aromatic heterocycles. The summed E-state index contributed by atoms with van der Waals surface area (Å²) < 4.78 is 13.5. The molecule has 0 aliphatic carbocycles. The fourth-order valence-corrected chi connectivity index (χ4v) is 1.96. The van der Waals surface area contributed by atoms with Gasteiger partial charge in [0.05, 0.1) is 0 Å². The Kier molecular flexibility index (Phi) is 6.15. The van der Waals surface area contributed by atoms with E-state index in [0.717, 1.165) is 12.8 Å². The third-order valence-corrected chi connectivity index (χ3v) is 3.05. The number of carbonyl (C=O) groups excluding carboxylic acids is 1. The van der Waals surface area contributed by atoms with Crippen molar-refractivity contribution in [3.8, 4) is 0 Å². The molecule has 0 aliphatic rings. The van der Waals surface area contributed by atoms with Crippen LogP contribution in [-0.2, 0) is 4.79 Å². The SMILES string of the molecule is Cc1cc(C(=O)NCCCCCC(=O)O)cc(C)c1F. The lowest BCUT2D eigenvalue weighted by Crippen LogP contribution is -2.24. The summed E-state index contributed by atoms with van der Waals surface area (Å²) in [5, 5.41) is 11.2. The van der Waals surface area contributed by atoms with E-state index >= 15 is 0 Å². The summed E-state index contributed by atoms with van der Waals surface area (Å²) in [6, 6.07) is 3.06. The van der Waals surface area contributed by atoms with Gasteiger partial charge in [0, 0.05) is 18.5 Å². The molecule has 0 radical (unpaired) electrons. The van der Waals surface area contributed by atoms with Gasteiger partial charge in [-0.05, 0) is 49.9 Å². The smallest absolute Gasteiger partial charge is 0.303 e. The highest BCUT2D eigenvalue weighted by Crippen LogP contribution is 2.14. The van der Waals surface area contributed by atoms with Crippen LogP contribution in [0.1, 0.15) is 47.2 Å². The van der Waals surface area contributed by atoms with E-state index in [4.69, 9.17) is 5.11 Å². The number of nitrogens with one attached hydrogen (secondary N) is 1. The Morgan fingerprint density at radius 1 is 1.15 bits per heavy atom. The van der Waals surface area contributed by atoms with Gasteiger partial charge in [-0.3, -0.25) is 9.59 Å². The Balaban J connectivity index is 2.38. The van der Waals surface area contributed by atoms with Crippen LogP contribution in [0.25, 0.3) is 0 Å². The van der Waals surface area contributed by atoms with Gasteiger partial charge in [0.2, 0.25) is 0 Å². The number of carboxylic acids is 1. The first kappa shape index (κ1) is 16.1. The molecule has 0 unspecified atom stereocenters. The molecule has 5 heteroatoms. The van der Waals surface area contributed by atoms with Crippen molar-refractivity contribution in [2.45, 2.75) is 39.5 Å². The summed E-state index contributed by atoms with van der Waals surface area (Å²) >= 11 is 0. The first-order valence-electron chi connectivity index (χ1n) is 6.68. The van der Waals surface area contributed by atoms with Crippen molar-refractivity contribution in [3.05, 3.63) is 34.6 Å². The van der Waals surface area contributed by atoms with Gasteiger partial charge in [0.1, 0.15) is 5.82 Å². The van der Waals surface area contributed by atoms with Crippen LogP contribution in [0.5, 0.6) is 0 Å². The average Bonchev–Trinajstić information content (AvgIpc) is 2.38. The molecule has 20 heavy (non-hydrogen) atoms. The molecule has 110 valence electrons. The van der Waals surface area contributed by atoms with E-state index in [1.165, 1.54) is 12.1 Å². The van der Waals surface area contributed by atoms with Gasteiger partial charge in [-0.25, -0.2) is 4.39 Å². The third-order valence-electron chi connectivity index (χ3n) is 3.05. The fraction of sp³-hybridized carbons (Fsp3) is 0.467. The molecule has 0 saturated heterocycles. The Hall–Kier alpha value is -1.91. The van der Waals surface area contributed by atoms with Gasteiger partial charge in [0.15, 0.2) is 0 Å². The molecule has 1 amide bonds. The van der Waals surface area contributed by atoms with Crippen LogP contribution in [0, 0.1) is 19.7 Å². The van der Waals surface area contributed by atoms with Crippen LogP contribution in [0.15, 0.2) is 12.1 Å². The Bertz CT molecular complexity index is 477. The first-order chi connectivity index (χ1) is 9.41. The van der Waals surface area contributed by atoms with E-state index < -0.39 is 5.97 Å². The van der Waals surface area contributed by atoms with Gasteiger partial charge < -0.3 is 10.4 Å². The second-order valence-corrected chi connectivity index (χ2v) is 4.88. The van der Waals surface area contributed by atoms with Crippen LogP contribution in [0.3, 0.4) is 0 Å². The average molecular weight is 281 g/mol. The molecule has 4 nitrogen and oxygen atoms in total. The number of hydrogen-bond donors (Lipinski definition) is 2. The number of rotatable bonds is 7. The Morgan fingerprint density at radius 2 is 1.75 bits per heavy atom. The minimum atomic E-state index is -0.800. The van der Waals surface area contributed by atoms with Gasteiger partial charge >= 0.3 is 5.97 Å². The maximum atomic E-state index is 13.5. The number of aliphatic carboxylic acids is 1. The minimum Gasteiger partial charge on any atom is -0.481 e. The Morgan fingerprint density at radius 3 is 2.30 bits per heavy atom. The van der Waals surface area contributed by atoms with Crippen LogP contribution in [-0.4, -0.2) is 23.5 Å². The standard InChI is InChI=1S/C15H20FNO3/c1-10-8-12(9-11(2)14(10)16)15(20)17-7-5-3-4-6-13(18)19/h8-9H,3-7H2,1-2H3,(H,17,20)(H,18,19). The lowest BCUT2D eigenvalue weighted by Gasteiger charge is -2.08. The molecule has 1 aromatic rings. The van der Waals surface area contributed by atoms with Crippen molar-refractivity contribution in [2.75, 3.05) is 6.54 Å². The summed E-state index contributed by atoms with van der Waals surface area (Å²) in [5.74, 6) is -1.31. The summed E-state index contributed by atoms with van der Waals surface area (Å²) in [6.07, 6.45) is 2.26. The fourth-order valence-electron chi connectivity index (χ4n) is 1.96. The lowest BCUT2D eigenvalue weighted by molar-refractivity contribution is -0.137. The van der Waals surface area contributed by atoms with Crippen molar-refractivity contribution in [1.82, 2.24) is 5.32 Å². The summed E-state index contributed by atoms with van der Waals surface area (Å²) in [4.78, 5) is 22.2. The second-order valence-electron chi connectivity index (χ2n) is 4.88. The molecule has 2 N–H and O–H groups in total. The van der Waals surface area contributed by atoms with E-state index in [2.05, 4.69) is 5.32 Å². The maximum absolute atomic E-state index is 13.5. The molecule has 1 rings (SSSR count). The molecule has 0 fully saturated rings. The number of unbranched alkanes of at least 4 members (excludes halogenated alkanes) is 2. The number of aryl methyl sites for hydroxylation is 2. The zero-order chi connectivity index (χ0) is 15.1. The molecule has 0 spiro atoms. The highest BCUT2D eigenvalue weighted by atomic mass is 19.1. The third kappa shape index (κ3) is 4.99. The lowest BCUT2D eigenvalue weighted by atomic mass is 10.1. The summed E-state index contributed by atoms with van der Waals surface area (Å²) in [7, 11) is 0. The molecular weight excluding hydrogens is 261 g/mol. The molecule has 0 aliphatic heterocycles. The topological polar surface area (TPSA) is 66.4 Å². The number of halogens is 1. The quantitative estimate of drug-likeness (QED) is 0.755. The zero-order valence-corrected chi connectivity index (χ0v) is 11.8. The number of benzene rings is 1. The van der Waals surface area contributed by atoms with Gasteiger partial charge in [0.25, 0.3) is 5.91 Å². The van der Waals surface area contributed by atoms with E-state index in [9.17, 15) is 14.0 Å². The monoisotopic (exact) mass is 281 g/mol. The van der Waals surface area contributed by atoms with Gasteiger partial charge in [-0.2, -0.15) is 0 Å². The number of carboxylic acid groups (broad SMARTS) is 1. The molecule has 1 aromatic carbocycles. The number of hydrogen-bond acceptors (Lipinski definition) is 2. The maximum Gasteiger partial charge on any atom is 0.303 e. The van der Waals surface area contributed by atoms with Crippen LogP contribution in [0.2, 0.25) is 0 Å². The van der Waals surface area contributed by atoms with Crippen LogP contribution in [0.4, 0.5) is 4.39 Å². The number of amides is 1. The molecule has 0 heterocycles. The van der Waals surface area contributed by atoms with E-state index in [1.807, 2.05) is 0 Å². The predicted molar refractivity (Wildman–Crippen MR) is 74.3 cm³/mol. The van der Waals surface area contributed by atoms with Crippen LogP contribution < -0.4 is 5.32 Å². The van der Waals surface area contributed by atoms with Crippen molar-refractivity contribution < 1.29 is 19.1 Å². The second kappa shape index (κ2) is 7.62. The molecular formula is C15H20FNO3. The highest BCUT2D eigenvalue weighted by molar-refractivity contribution is 5.94. The van der Waals surface area contributed by atoms with Crippen molar-refractivity contribution in [3.63, 3.8) is 0 Å². The van der Waals surface area contributed by atoms with E-state index in [-0.39, 0.29) is 18.1 Å². The van der Waals surface area contributed by atoms with Crippen molar-refractivity contribution in [1.29, 1.82) is 0 Å². The van der Waals surface area contributed by atoms with Crippen molar-refractivity contribution >= 4 is 11.9 Å². The van der Waals surface area contributed by atoms with Gasteiger partial charge in [-0.1, -0.05) is 6.42 Å². The predicted octanol–water partition coefficient (Wildman–Crippen LogP) is 2.82. The molecule has 0 atom stereocenters. The summed E-state index contributed by atoms with van der Waals surface area (Å²) in [5.41, 5.74) is 1.36. The number of carbonyl (C=O) groups is 2. The normalized spacial score (nSPS) is 10.3. The Labute approximate surface area is 118 Å². The van der Waals surface area contributed by atoms with Gasteiger partial charge in [-0.15, -0.1) is 0 Å². The largest absolute Gasteiger partial charge is 0.481 e. The molecule has 0 bridgehead atoms. The minimum absolute atomic E-state index is 0.157. The molecule has 0 saturated carbocycles.